The topological polar surface area (TPSA) is 21.8 Å². The van der Waals surface area contributed by atoms with Crippen molar-refractivity contribution in [3.05, 3.63) is 12.7 Å². The molecule has 2 atom stereocenters. The van der Waals surface area contributed by atoms with Gasteiger partial charge < -0.3 is 9.47 Å². The van der Waals surface area contributed by atoms with Crippen molar-refractivity contribution < 1.29 is 35.8 Å². The fourth-order valence-corrected chi connectivity index (χ4v) is 0.860. The minimum absolute atomic E-state index is 0.905. The smallest absolute Gasteiger partial charge is 0.337 e. The van der Waals surface area contributed by atoms with Crippen molar-refractivity contribution in [3.63, 3.8) is 0 Å². The first kappa shape index (κ1) is 12.3. The van der Waals surface area contributed by atoms with Crippen LogP contribution < -0.4 is 0 Å². The van der Waals surface area contributed by atoms with Crippen LogP contribution >= 0.6 is 0 Å². The number of rotatable bonds is 3. The summed E-state index contributed by atoms with van der Waals surface area (Å²) in [7, 11) is 0. The second-order valence-electron chi connectivity index (χ2n) is 2.80. The molecule has 0 amide bonds. The molecule has 0 bridgehead atoms. The third kappa shape index (κ3) is 3.10. The first-order valence-electron chi connectivity index (χ1n) is 3.73. The van der Waals surface area contributed by atoms with Crippen molar-refractivity contribution in [2.45, 2.75) is 30.9 Å². The summed E-state index contributed by atoms with van der Waals surface area (Å²) in [5.74, 6) is 0. The van der Waals surface area contributed by atoms with Crippen molar-refractivity contribution in [2.24, 2.45) is 0 Å². The van der Waals surface area contributed by atoms with Crippen LogP contribution in [0.2, 0.25) is 0 Å². The van der Waals surface area contributed by atoms with E-state index in [-0.39, 0.29) is 0 Å². The van der Waals surface area contributed by atoms with E-state index in [0.717, 1.165) is 6.08 Å². The van der Waals surface area contributed by atoms with E-state index in [1.165, 1.54) is 0 Å². The molecule has 0 aliphatic carbocycles. The minimum Gasteiger partial charge on any atom is -0.337 e. The Morgan fingerprint density at radius 3 is 1.87 bits per heavy atom. The SMILES string of the molecule is C=CC1OC1OC(C(F)(F)F)C(F)(F)F. The fourth-order valence-electron chi connectivity index (χ4n) is 0.860. The maximum atomic E-state index is 11.9. The van der Waals surface area contributed by atoms with Gasteiger partial charge in [0.2, 0.25) is 0 Å². The standard InChI is InChI=1S/C7H6F6O2/c1-2-3-4(14-3)15-5(6(8,9)10)7(11,12)13/h2-5H,1H2. The maximum Gasteiger partial charge on any atom is 0.423 e. The Bertz CT molecular complexity index is 231. The summed E-state index contributed by atoms with van der Waals surface area (Å²) in [4.78, 5) is 0. The van der Waals surface area contributed by atoms with Gasteiger partial charge in [-0.15, -0.1) is 6.58 Å². The van der Waals surface area contributed by atoms with Gasteiger partial charge in [-0.2, -0.15) is 26.3 Å². The lowest BCUT2D eigenvalue weighted by atomic mass is 10.3. The molecular formula is C7H6F6O2. The van der Waals surface area contributed by atoms with Crippen LogP contribution in [0.4, 0.5) is 26.3 Å². The van der Waals surface area contributed by atoms with E-state index in [9.17, 15) is 26.3 Å². The molecule has 15 heavy (non-hydrogen) atoms. The molecule has 1 aliphatic heterocycles. The average Bonchev–Trinajstić information content (AvgIpc) is 2.74. The second-order valence-corrected chi connectivity index (χ2v) is 2.80. The van der Waals surface area contributed by atoms with Gasteiger partial charge >= 0.3 is 12.4 Å². The van der Waals surface area contributed by atoms with E-state index in [4.69, 9.17) is 0 Å². The summed E-state index contributed by atoms with van der Waals surface area (Å²) >= 11 is 0. The predicted molar refractivity (Wildman–Crippen MR) is 35.8 cm³/mol. The molecule has 8 heteroatoms. The van der Waals surface area contributed by atoms with Gasteiger partial charge in [0, 0.05) is 0 Å². The van der Waals surface area contributed by atoms with Crippen molar-refractivity contribution >= 4 is 0 Å². The summed E-state index contributed by atoms with van der Waals surface area (Å²) < 4.78 is 79.5. The van der Waals surface area contributed by atoms with Gasteiger partial charge in [0.1, 0.15) is 6.10 Å². The zero-order valence-corrected chi connectivity index (χ0v) is 7.10. The van der Waals surface area contributed by atoms with Crippen LogP contribution in [0.25, 0.3) is 0 Å². The molecule has 1 rings (SSSR count). The average molecular weight is 236 g/mol. The van der Waals surface area contributed by atoms with Crippen LogP contribution in [0.1, 0.15) is 0 Å². The van der Waals surface area contributed by atoms with Crippen LogP contribution in [-0.2, 0) is 9.47 Å². The van der Waals surface area contributed by atoms with Gasteiger partial charge in [-0.3, -0.25) is 0 Å². The van der Waals surface area contributed by atoms with Crippen molar-refractivity contribution in [1.82, 2.24) is 0 Å². The number of hydrogen-bond donors (Lipinski definition) is 0. The van der Waals surface area contributed by atoms with Crippen LogP contribution in [0, 0.1) is 0 Å². The molecule has 1 fully saturated rings. The van der Waals surface area contributed by atoms with Gasteiger partial charge in [0.05, 0.1) is 0 Å². The van der Waals surface area contributed by atoms with E-state index >= 15 is 0 Å². The molecule has 2 nitrogen and oxygen atoms in total. The molecule has 1 heterocycles. The van der Waals surface area contributed by atoms with Gasteiger partial charge in [-0.05, 0) is 0 Å². The molecule has 0 aromatic carbocycles. The highest BCUT2D eigenvalue weighted by molar-refractivity contribution is 4.94. The van der Waals surface area contributed by atoms with Crippen molar-refractivity contribution in [3.8, 4) is 0 Å². The molecule has 0 aromatic rings. The van der Waals surface area contributed by atoms with Crippen LogP contribution in [0.5, 0.6) is 0 Å². The monoisotopic (exact) mass is 236 g/mol. The largest absolute Gasteiger partial charge is 0.423 e. The van der Waals surface area contributed by atoms with Crippen molar-refractivity contribution in [1.29, 1.82) is 0 Å². The third-order valence-electron chi connectivity index (χ3n) is 1.58. The van der Waals surface area contributed by atoms with E-state index in [0.29, 0.717) is 0 Å². The summed E-state index contributed by atoms with van der Waals surface area (Å²) in [5.41, 5.74) is 0. The van der Waals surface area contributed by atoms with Gasteiger partial charge in [0.25, 0.3) is 6.10 Å². The molecule has 0 spiro atoms. The van der Waals surface area contributed by atoms with Crippen LogP contribution in [0.3, 0.4) is 0 Å². The number of epoxide rings is 1. The molecule has 0 aromatic heterocycles. The second kappa shape index (κ2) is 3.67. The van der Waals surface area contributed by atoms with E-state index in [1.807, 2.05) is 0 Å². The molecule has 1 saturated heterocycles. The lowest BCUT2D eigenvalue weighted by Gasteiger charge is -2.22. The fraction of sp³-hybridized carbons (Fsp3) is 0.714. The lowest BCUT2D eigenvalue weighted by molar-refractivity contribution is -0.329. The van der Waals surface area contributed by atoms with Crippen LogP contribution in [0.15, 0.2) is 12.7 Å². The highest BCUT2D eigenvalue weighted by Gasteiger charge is 2.61. The molecule has 2 unspecified atom stereocenters. The normalized spacial score (nSPS) is 26.9. The molecule has 0 radical (unpaired) electrons. The molecule has 0 saturated carbocycles. The Labute approximate surface area is 80.5 Å². The molecule has 1 aliphatic rings. The zero-order valence-electron chi connectivity index (χ0n) is 7.10. The highest BCUT2D eigenvalue weighted by Crippen LogP contribution is 2.39. The summed E-state index contributed by atoms with van der Waals surface area (Å²) in [6, 6.07) is 0. The van der Waals surface area contributed by atoms with Gasteiger partial charge in [-0.1, -0.05) is 6.08 Å². The minimum atomic E-state index is -5.50. The number of ether oxygens (including phenoxy) is 2. The van der Waals surface area contributed by atoms with E-state index in [2.05, 4.69) is 16.1 Å². The predicted octanol–water partition coefficient (Wildman–Crippen LogP) is 2.41. The summed E-state index contributed by atoms with van der Waals surface area (Å²) in [6.45, 7) is 3.14. The molecule has 88 valence electrons. The summed E-state index contributed by atoms with van der Waals surface area (Å²) in [6.07, 6.45) is -16.2. The Hall–Kier alpha value is -0.760. The number of hydrogen-bond acceptors (Lipinski definition) is 2. The first-order chi connectivity index (χ1) is 6.66. The lowest BCUT2D eigenvalue weighted by Crippen LogP contribution is -2.45. The Morgan fingerprint density at radius 2 is 1.60 bits per heavy atom. The Morgan fingerprint density at radius 1 is 1.13 bits per heavy atom. The van der Waals surface area contributed by atoms with Gasteiger partial charge in [-0.25, -0.2) is 0 Å². The Kier molecular flexibility index (Phi) is 3.01. The Balaban J connectivity index is 2.63. The van der Waals surface area contributed by atoms with E-state index < -0.39 is 30.9 Å². The highest BCUT2D eigenvalue weighted by atomic mass is 19.4. The third-order valence-corrected chi connectivity index (χ3v) is 1.58. The quantitative estimate of drug-likeness (QED) is 0.426. The van der Waals surface area contributed by atoms with Gasteiger partial charge in [0.15, 0.2) is 6.29 Å². The van der Waals surface area contributed by atoms with E-state index in [1.54, 1.807) is 0 Å². The number of halogens is 6. The zero-order chi connectivity index (χ0) is 11.9. The van der Waals surface area contributed by atoms with Crippen molar-refractivity contribution in [2.75, 3.05) is 0 Å². The maximum absolute atomic E-state index is 11.9. The molecular weight excluding hydrogens is 230 g/mol. The van der Waals surface area contributed by atoms with Crippen LogP contribution in [-0.4, -0.2) is 30.9 Å². The molecule has 0 N–H and O–H groups in total. The first-order valence-corrected chi connectivity index (χ1v) is 3.73. The number of alkyl halides is 6. The summed E-state index contributed by atoms with van der Waals surface area (Å²) in [5, 5.41) is 0.